The Labute approximate surface area is 121 Å². The van der Waals surface area contributed by atoms with E-state index in [1.165, 1.54) is 0 Å². The van der Waals surface area contributed by atoms with E-state index < -0.39 is 0 Å². The number of nitrogens with one attached hydrogen (secondary N) is 1. The average Bonchev–Trinajstić information content (AvgIpc) is 2.87. The lowest BCUT2D eigenvalue weighted by molar-refractivity contribution is 0.414. The Morgan fingerprint density at radius 1 is 1.30 bits per heavy atom. The lowest BCUT2D eigenvalue weighted by Crippen LogP contribution is -2.01. The van der Waals surface area contributed by atoms with Crippen LogP contribution in [0.5, 0.6) is 5.75 Å². The van der Waals surface area contributed by atoms with Gasteiger partial charge in [-0.2, -0.15) is 4.98 Å². The maximum Gasteiger partial charge on any atom is 0.243 e. The summed E-state index contributed by atoms with van der Waals surface area (Å²) < 4.78 is 6.84. The van der Waals surface area contributed by atoms with Gasteiger partial charge < -0.3 is 10.1 Å². The number of pyridine rings is 1. The molecule has 3 aromatic rings. The number of hydrogen-bond acceptors (Lipinski definition) is 4. The predicted molar refractivity (Wildman–Crippen MR) is 78.3 cm³/mol. The van der Waals surface area contributed by atoms with Gasteiger partial charge in [-0.05, 0) is 29.8 Å². The first kappa shape index (κ1) is 12.7. The molecule has 0 aliphatic rings. The predicted octanol–water partition coefficient (Wildman–Crippen LogP) is 3.00. The average molecular weight is 289 g/mol. The molecule has 0 amide bonds. The second kappa shape index (κ2) is 5.38. The molecule has 0 fully saturated rings. The molecule has 1 aromatic carbocycles. The van der Waals surface area contributed by atoms with E-state index in [4.69, 9.17) is 16.3 Å². The molecule has 2 aromatic heterocycles. The van der Waals surface area contributed by atoms with Crippen molar-refractivity contribution < 1.29 is 4.74 Å². The molecule has 0 aliphatic heterocycles. The van der Waals surface area contributed by atoms with Crippen molar-refractivity contribution >= 4 is 23.2 Å². The normalized spacial score (nSPS) is 10.7. The van der Waals surface area contributed by atoms with Gasteiger partial charge >= 0.3 is 0 Å². The molecular weight excluding hydrogens is 276 g/mol. The molecule has 2 heterocycles. The second-order valence-corrected chi connectivity index (χ2v) is 4.73. The molecule has 0 atom stereocenters. The standard InChI is InChI=1S/C14H13ClN4O/c1-20-12-4-2-3-10(7-12)8-16-14-17-13-6-5-11(15)9-19(13)18-14/h2-7,9H,8H2,1H3,(H,16,18). The molecule has 6 heteroatoms. The molecule has 1 N–H and O–H groups in total. The van der Waals surface area contributed by atoms with Gasteiger partial charge in [0.25, 0.3) is 0 Å². The Morgan fingerprint density at radius 2 is 2.20 bits per heavy atom. The van der Waals surface area contributed by atoms with Crippen LogP contribution in [0.3, 0.4) is 0 Å². The number of benzene rings is 1. The van der Waals surface area contributed by atoms with Crippen LogP contribution >= 0.6 is 11.6 Å². The highest BCUT2D eigenvalue weighted by molar-refractivity contribution is 6.30. The van der Waals surface area contributed by atoms with Crippen molar-refractivity contribution in [2.75, 3.05) is 12.4 Å². The molecule has 102 valence electrons. The van der Waals surface area contributed by atoms with Gasteiger partial charge in [0.1, 0.15) is 5.75 Å². The summed E-state index contributed by atoms with van der Waals surface area (Å²) >= 11 is 5.91. The summed E-state index contributed by atoms with van der Waals surface area (Å²) in [4.78, 5) is 4.36. The van der Waals surface area contributed by atoms with E-state index in [1.54, 1.807) is 23.9 Å². The van der Waals surface area contributed by atoms with Gasteiger partial charge in [-0.25, -0.2) is 4.52 Å². The lowest BCUT2D eigenvalue weighted by atomic mass is 10.2. The van der Waals surface area contributed by atoms with Crippen molar-refractivity contribution in [3.05, 3.63) is 53.2 Å². The number of nitrogens with zero attached hydrogens (tertiary/aromatic N) is 3. The van der Waals surface area contributed by atoms with Crippen molar-refractivity contribution in [2.24, 2.45) is 0 Å². The number of hydrogen-bond donors (Lipinski definition) is 1. The van der Waals surface area contributed by atoms with Gasteiger partial charge in [-0.1, -0.05) is 23.7 Å². The van der Waals surface area contributed by atoms with Crippen LogP contribution in [0.2, 0.25) is 5.02 Å². The van der Waals surface area contributed by atoms with Crippen LogP contribution in [0.4, 0.5) is 5.95 Å². The van der Waals surface area contributed by atoms with Crippen LogP contribution in [0.25, 0.3) is 5.65 Å². The van der Waals surface area contributed by atoms with Crippen molar-refractivity contribution in [1.29, 1.82) is 0 Å². The molecule has 0 radical (unpaired) electrons. The minimum absolute atomic E-state index is 0.565. The van der Waals surface area contributed by atoms with E-state index in [2.05, 4.69) is 15.4 Å². The first-order valence-corrected chi connectivity index (χ1v) is 6.51. The van der Waals surface area contributed by atoms with Crippen LogP contribution in [0.1, 0.15) is 5.56 Å². The number of rotatable bonds is 4. The third kappa shape index (κ3) is 2.67. The topological polar surface area (TPSA) is 51.5 Å². The van der Waals surface area contributed by atoms with E-state index in [0.29, 0.717) is 17.5 Å². The zero-order valence-corrected chi connectivity index (χ0v) is 11.6. The maximum atomic E-state index is 5.91. The molecule has 5 nitrogen and oxygen atoms in total. The summed E-state index contributed by atoms with van der Waals surface area (Å²) in [5.41, 5.74) is 1.85. The monoisotopic (exact) mass is 288 g/mol. The minimum atomic E-state index is 0.565. The van der Waals surface area contributed by atoms with E-state index in [0.717, 1.165) is 17.0 Å². The highest BCUT2D eigenvalue weighted by Gasteiger charge is 2.04. The SMILES string of the molecule is COc1cccc(CNc2nc3ccc(Cl)cn3n2)c1. The van der Waals surface area contributed by atoms with Crippen LogP contribution in [-0.2, 0) is 6.54 Å². The molecule has 0 saturated heterocycles. The van der Waals surface area contributed by atoms with Crippen molar-refractivity contribution in [1.82, 2.24) is 14.6 Å². The van der Waals surface area contributed by atoms with Gasteiger partial charge in [0.05, 0.1) is 12.1 Å². The van der Waals surface area contributed by atoms with E-state index in [-0.39, 0.29) is 0 Å². The van der Waals surface area contributed by atoms with E-state index >= 15 is 0 Å². The zero-order chi connectivity index (χ0) is 13.9. The first-order chi connectivity index (χ1) is 9.74. The Balaban J connectivity index is 1.76. The highest BCUT2D eigenvalue weighted by Crippen LogP contribution is 2.15. The molecule has 0 spiro atoms. The molecular formula is C14H13ClN4O. The fourth-order valence-electron chi connectivity index (χ4n) is 1.90. The number of ether oxygens (including phenoxy) is 1. The quantitative estimate of drug-likeness (QED) is 0.802. The van der Waals surface area contributed by atoms with Crippen LogP contribution in [0.15, 0.2) is 42.6 Å². The Morgan fingerprint density at radius 3 is 3.05 bits per heavy atom. The molecule has 0 saturated carbocycles. The van der Waals surface area contributed by atoms with Gasteiger partial charge in [-0.15, -0.1) is 5.10 Å². The smallest absolute Gasteiger partial charge is 0.243 e. The minimum Gasteiger partial charge on any atom is -0.497 e. The van der Waals surface area contributed by atoms with Crippen LogP contribution < -0.4 is 10.1 Å². The Bertz CT molecular complexity index is 741. The summed E-state index contributed by atoms with van der Waals surface area (Å²) in [5, 5.41) is 8.12. The van der Waals surface area contributed by atoms with Gasteiger partial charge in [0.2, 0.25) is 5.95 Å². The number of methoxy groups -OCH3 is 1. The molecule has 0 bridgehead atoms. The maximum absolute atomic E-state index is 5.91. The Kier molecular flexibility index (Phi) is 3.43. The third-order valence-corrected chi connectivity index (χ3v) is 3.10. The zero-order valence-electron chi connectivity index (χ0n) is 10.9. The largest absolute Gasteiger partial charge is 0.497 e. The van der Waals surface area contributed by atoms with Gasteiger partial charge in [0, 0.05) is 12.7 Å². The number of anilines is 1. The third-order valence-electron chi connectivity index (χ3n) is 2.88. The van der Waals surface area contributed by atoms with Crippen LogP contribution in [0, 0.1) is 0 Å². The molecule has 3 rings (SSSR count). The number of aromatic nitrogens is 3. The molecule has 0 aliphatic carbocycles. The van der Waals surface area contributed by atoms with Crippen LogP contribution in [-0.4, -0.2) is 21.7 Å². The van der Waals surface area contributed by atoms with Crippen molar-refractivity contribution in [2.45, 2.75) is 6.54 Å². The molecule has 20 heavy (non-hydrogen) atoms. The fourth-order valence-corrected chi connectivity index (χ4v) is 2.05. The number of fused-ring (bicyclic) bond motifs is 1. The summed E-state index contributed by atoms with van der Waals surface area (Å²) in [5.74, 6) is 1.40. The van der Waals surface area contributed by atoms with E-state index in [1.807, 2.05) is 30.3 Å². The highest BCUT2D eigenvalue weighted by atomic mass is 35.5. The van der Waals surface area contributed by atoms with Crippen molar-refractivity contribution in [3.8, 4) is 5.75 Å². The van der Waals surface area contributed by atoms with E-state index in [9.17, 15) is 0 Å². The van der Waals surface area contributed by atoms with Gasteiger partial charge in [0.15, 0.2) is 5.65 Å². The van der Waals surface area contributed by atoms with Crippen molar-refractivity contribution in [3.63, 3.8) is 0 Å². The summed E-state index contributed by atoms with van der Waals surface area (Å²) in [6.07, 6.45) is 1.72. The lowest BCUT2D eigenvalue weighted by Gasteiger charge is -2.04. The summed E-state index contributed by atoms with van der Waals surface area (Å²) in [7, 11) is 1.65. The summed E-state index contributed by atoms with van der Waals surface area (Å²) in [6, 6.07) is 11.5. The molecule has 0 unspecified atom stereocenters. The Hall–Kier alpha value is -2.27. The first-order valence-electron chi connectivity index (χ1n) is 6.13. The second-order valence-electron chi connectivity index (χ2n) is 4.29. The number of halogens is 1. The fraction of sp³-hybridized carbons (Fsp3) is 0.143. The summed E-state index contributed by atoms with van der Waals surface area (Å²) in [6.45, 7) is 0.627. The van der Waals surface area contributed by atoms with Gasteiger partial charge in [-0.3, -0.25) is 0 Å².